The molecule has 144 valence electrons. The van der Waals surface area contributed by atoms with Crippen molar-refractivity contribution in [2.24, 2.45) is 0 Å². The second kappa shape index (κ2) is 7.90. The first-order chi connectivity index (χ1) is 14.1. The van der Waals surface area contributed by atoms with Gasteiger partial charge in [0.1, 0.15) is 5.58 Å². The van der Waals surface area contributed by atoms with Gasteiger partial charge in [0.2, 0.25) is 0 Å². The third-order valence-corrected chi connectivity index (χ3v) is 4.59. The number of benzene rings is 3. The first-order valence-corrected chi connectivity index (χ1v) is 9.10. The van der Waals surface area contributed by atoms with Crippen molar-refractivity contribution >= 4 is 34.2 Å². The van der Waals surface area contributed by atoms with E-state index < -0.39 is 0 Å². The van der Waals surface area contributed by atoms with E-state index in [1.165, 1.54) is 0 Å². The molecule has 4 rings (SSSR count). The van der Waals surface area contributed by atoms with Crippen molar-refractivity contribution in [2.45, 2.75) is 6.54 Å². The van der Waals surface area contributed by atoms with Gasteiger partial charge in [0.15, 0.2) is 0 Å². The monoisotopic (exact) mass is 385 g/mol. The molecule has 0 saturated heterocycles. The zero-order valence-corrected chi connectivity index (χ0v) is 15.5. The number of nitrogen functional groups attached to an aromatic ring is 1. The van der Waals surface area contributed by atoms with E-state index in [0.717, 1.165) is 16.5 Å². The van der Waals surface area contributed by atoms with Crippen LogP contribution in [0.2, 0.25) is 0 Å². The molecule has 0 saturated carbocycles. The Hall–Kier alpha value is -4.06. The summed E-state index contributed by atoms with van der Waals surface area (Å²) in [5.74, 6) is -0.415. The molecular formula is C23H19N3O3. The molecule has 0 bridgehead atoms. The van der Waals surface area contributed by atoms with Crippen molar-refractivity contribution < 1.29 is 14.0 Å². The van der Waals surface area contributed by atoms with Crippen LogP contribution in [0.5, 0.6) is 0 Å². The summed E-state index contributed by atoms with van der Waals surface area (Å²) in [6.45, 7) is 0.357. The molecule has 0 aliphatic carbocycles. The van der Waals surface area contributed by atoms with E-state index in [4.69, 9.17) is 10.2 Å². The predicted octanol–water partition coefficient (Wildman–Crippen LogP) is 4.20. The maximum atomic E-state index is 12.4. The van der Waals surface area contributed by atoms with Crippen LogP contribution in [0, 0.1) is 0 Å². The Kier molecular flexibility index (Phi) is 4.99. The summed E-state index contributed by atoms with van der Waals surface area (Å²) in [4.78, 5) is 24.7. The second-order valence-corrected chi connectivity index (χ2v) is 6.59. The number of para-hydroxylation sites is 2. The lowest BCUT2D eigenvalue weighted by Gasteiger charge is -2.09. The molecule has 1 aromatic heterocycles. The SMILES string of the molecule is Nc1ccccc1NC(=O)c1ccc(CNC(=O)c2ccc3occc3c2)cc1. The summed E-state index contributed by atoms with van der Waals surface area (Å²) >= 11 is 0. The van der Waals surface area contributed by atoms with Gasteiger partial charge in [0, 0.05) is 23.1 Å². The first kappa shape index (κ1) is 18.3. The summed E-state index contributed by atoms with van der Waals surface area (Å²) < 4.78 is 5.29. The third-order valence-electron chi connectivity index (χ3n) is 4.59. The molecule has 0 unspecified atom stereocenters. The third kappa shape index (κ3) is 4.11. The van der Waals surface area contributed by atoms with Gasteiger partial charge in [-0.2, -0.15) is 0 Å². The maximum absolute atomic E-state index is 12.4. The number of anilines is 2. The number of nitrogens with two attached hydrogens (primary N) is 1. The summed E-state index contributed by atoms with van der Waals surface area (Å²) in [7, 11) is 0. The van der Waals surface area contributed by atoms with Crippen molar-refractivity contribution in [3.8, 4) is 0 Å². The van der Waals surface area contributed by atoms with E-state index in [1.54, 1.807) is 54.8 Å². The molecule has 0 aliphatic rings. The van der Waals surface area contributed by atoms with Gasteiger partial charge in [-0.3, -0.25) is 9.59 Å². The minimum Gasteiger partial charge on any atom is -0.464 e. The van der Waals surface area contributed by atoms with Crippen molar-refractivity contribution in [1.82, 2.24) is 5.32 Å². The van der Waals surface area contributed by atoms with E-state index in [-0.39, 0.29) is 11.8 Å². The van der Waals surface area contributed by atoms with Crippen LogP contribution >= 0.6 is 0 Å². The van der Waals surface area contributed by atoms with Gasteiger partial charge < -0.3 is 20.8 Å². The summed E-state index contributed by atoms with van der Waals surface area (Å²) in [6.07, 6.45) is 1.59. The standard InChI is InChI=1S/C23H19N3O3/c24-19-3-1-2-4-20(19)26-23(28)16-7-5-15(6-8-16)14-25-22(27)18-9-10-21-17(13-18)11-12-29-21/h1-13H,14,24H2,(H,25,27)(H,26,28). The average molecular weight is 385 g/mol. The molecular weight excluding hydrogens is 366 g/mol. The molecule has 0 radical (unpaired) electrons. The number of nitrogens with one attached hydrogen (secondary N) is 2. The predicted molar refractivity (Wildman–Crippen MR) is 113 cm³/mol. The number of carbonyl (C=O) groups is 2. The number of fused-ring (bicyclic) bond motifs is 1. The summed E-state index contributed by atoms with van der Waals surface area (Å²) in [6, 6.07) is 21.2. The molecule has 29 heavy (non-hydrogen) atoms. The summed E-state index contributed by atoms with van der Waals surface area (Å²) in [5.41, 5.74) is 9.64. The van der Waals surface area contributed by atoms with Crippen LogP contribution in [-0.4, -0.2) is 11.8 Å². The van der Waals surface area contributed by atoms with E-state index in [9.17, 15) is 9.59 Å². The number of furan rings is 1. The maximum Gasteiger partial charge on any atom is 0.255 e. The van der Waals surface area contributed by atoms with Crippen molar-refractivity contribution in [3.05, 3.63) is 95.7 Å². The van der Waals surface area contributed by atoms with E-state index in [0.29, 0.717) is 29.0 Å². The molecule has 4 aromatic rings. The molecule has 0 spiro atoms. The van der Waals surface area contributed by atoms with Gasteiger partial charge in [-0.25, -0.2) is 0 Å². The molecule has 0 fully saturated rings. The minimum absolute atomic E-state index is 0.172. The zero-order valence-electron chi connectivity index (χ0n) is 15.5. The highest BCUT2D eigenvalue weighted by molar-refractivity contribution is 6.05. The zero-order chi connectivity index (χ0) is 20.2. The first-order valence-electron chi connectivity index (χ1n) is 9.10. The quantitative estimate of drug-likeness (QED) is 0.449. The highest BCUT2D eigenvalue weighted by Gasteiger charge is 2.10. The Morgan fingerprint density at radius 2 is 1.62 bits per heavy atom. The lowest BCUT2D eigenvalue weighted by Crippen LogP contribution is -2.22. The van der Waals surface area contributed by atoms with E-state index in [2.05, 4.69) is 10.6 Å². The lowest BCUT2D eigenvalue weighted by molar-refractivity contribution is 0.0950. The van der Waals surface area contributed by atoms with Crippen LogP contribution in [0.1, 0.15) is 26.3 Å². The fourth-order valence-electron chi connectivity index (χ4n) is 2.97. The van der Waals surface area contributed by atoms with Gasteiger partial charge in [-0.05, 0) is 54.1 Å². The molecule has 0 atom stereocenters. The van der Waals surface area contributed by atoms with Gasteiger partial charge >= 0.3 is 0 Å². The Bertz CT molecular complexity index is 1180. The van der Waals surface area contributed by atoms with Gasteiger partial charge in [0.05, 0.1) is 17.6 Å². The Morgan fingerprint density at radius 3 is 2.41 bits per heavy atom. The molecule has 6 nitrogen and oxygen atoms in total. The van der Waals surface area contributed by atoms with Crippen molar-refractivity contribution in [1.29, 1.82) is 0 Å². The highest BCUT2D eigenvalue weighted by atomic mass is 16.3. The van der Waals surface area contributed by atoms with Crippen LogP contribution < -0.4 is 16.4 Å². The molecule has 1 heterocycles. The van der Waals surface area contributed by atoms with Crippen LogP contribution in [0.4, 0.5) is 11.4 Å². The highest BCUT2D eigenvalue weighted by Crippen LogP contribution is 2.19. The Labute approximate surface area is 167 Å². The lowest BCUT2D eigenvalue weighted by atomic mass is 10.1. The number of hydrogen-bond donors (Lipinski definition) is 3. The smallest absolute Gasteiger partial charge is 0.255 e. The normalized spacial score (nSPS) is 10.6. The van der Waals surface area contributed by atoms with Crippen LogP contribution in [0.3, 0.4) is 0 Å². The molecule has 6 heteroatoms. The fraction of sp³-hybridized carbons (Fsp3) is 0.0435. The average Bonchev–Trinajstić information content (AvgIpc) is 3.22. The molecule has 4 N–H and O–H groups in total. The van der Waals surface area contributed by atoms with Crippen LogP contribution in [0.15, 0.2) is 83.5 Å². The Morgan fingerprint density at radius 1 is 0.862 bits per heavy atom. The number of carbonyl (C=O) groups excluding carboxylic acids is 2. The Balaban J connectivity index is 1.37. The number of amides is 2. The summed E-state index contributed by atoms with van der Waals surface area (Å²) in [5, 5.41) is 6.55. The van der Waals surface area contributed by atoms with Crippen molar-refractivity contribution in [3.63, 3.8) is 0 Å². The second-order valence-electron chi connectivity index (χ2n) is 6.59. The number of rotatable bonds is 5. The molecule has 2 amide bonds. The van der Waals surface area contributed by atoms with E-state index >= 15 is 0 Å². The van der Waals surface area contributed by atoms with Crippen LogP contribution in [0.25, 0.3) is 11.0 Å². The van der Waals surface area contributed by atoms with Gasteiger partial charge in [-0.15, -0.1) is 0 Å². The molecule has 3 aromatic carbocycles. The molecule has 0 aliphatic heterocycles. The fourth-order valence-corrected chi connectivity index (χ4v) is 2.97. The topological polar surface area (TPSA) is 97.4 Å². The largest absolute Gasteiger partial charge is 0.464 e. The number of hydrogen-bond acceptors (Lipinski definition) is 4. The van der Waals surface area contributed by atoms with Gasteiger partial charge in [-0.1, -0.05) is 24.3 Å². The van der Waals surface area contributed by atoms with E-state index in [1.807, 2.05) is 24.3 Å². The van der Waals surface area contributed by atoms with Gasteiger partial charge in [0.25, 0.3) is 11.8 Å². The van der Waals surface area contributed by atoms with Crippen molar-refractivity contribution in [2.75, 3.05) is 11.1 Å². The van der Waals surface area contributed by atoms with Crippen LogP contribution in [-0.2, 0) is 6.54 Å². The minimum atomic E-state index is -0.244.